The quantitative estimate of drug-likeness (QED) is 0.851. The highest BCUT2D eigenvalue weighted by molar-refractivity contribution is 5.30. The molecular weight excluding hydrogens is 200 g/mol. The van der Waals surface area contributed by atoms with Crippen LogP contribution in [0.4, 0.5) is 0 Å². The molecule has 16 heavy (non-hydrogen) atoms. The number of hydrogen-bond acceptors (Lipinski definition) is 2. The molecule has 0 spiro atoms. The fourth-order valence-electron chi connectivity index (χ4n) is 1.92. The van der Waals surface area contributed by atoms with E-state index in [1.54, 1.807) is 12.5 Å². The standard InChI is InChI=1S/C14H16O2/c1-2-12-5-3-4-6-13(12)14(15)9-11-7-8-16-10-11/h3-8,10,14-15H,2,9H2,1H3. The first-order chi connectivity index (χ1) is 7.81. The summed E-state index contributed by atoms with van der Waals surface area (Å²) in [6.07, 6.45) is 4.41. The van der Waals surface area contributed by atoms with E-state index in [9.17, 15) is 5.11 Å². The maximum absolute atomic E-state index is 10.2. The molecule has 0 aliphatic carbocycles. The number of rotatable bonds is 4. The molecule has 1 heterocycles. The summed E-state index contributed by atoms with van der Waals surface area (Å²) < 4.78 is 5.00. The average Bonchev–Trinajstić information content (AvgIpc) is 2.81. The van der Waals surface area contributed by atoms with Crippen molar-refractivity contribution in [1.82, 2.24) is 0 Å². The molecule has 0 bridgehead atoms. The van der Waals surface area contributed by atoms with Gasteiger partial charge < -0.3 is 9.52 Å². The summed E-state index contributed by atoms with van der Waals surface area (Å²) in [4.78, 5) is 0. The maximum atomic E-state index is 10.2. The smallest absolute Gasteiger partial charge is 0.0935 e. The van der Waals surface area contributed by atoms with Crippen LogP contribution in [-0.4, -0.2) is 5.11 Å². The van der Waals surface area contributed by atoms with Gasteiger partial charge in [0.15, 0.2) is 0 Å². The molecule has 0 aliphatic heterocycles. The van der Waals surface area contributed by atoms with Gasteiger partial charge in [-0.1, -0.05) is 31.2 Å². The first-order valence-corrected chi connectivity index (χ1v) is 5.58. The molecule has 0 fully saturated rings. The first kappa shape index (κ1) is 11.0. The van der Waals surface area contributed by atoms with Crippen molar-refractivity contribution in [1.29, 1.82) is 0 Å². The first-order valence-electron chi connectivity index (χ1n) is 5.58. The molecule has 2 aromatic rings. The lowest BCUT2D eigenvalue weighted by molar-refractivity contribution is 0.177. The molecule has 84 valence electrons. The minimum Gasteiger partial charge on any atom is -0.472 e. The zero-order chi connectivity index (χ0) is 11.4. The van der Waals surface area contributed by atoms with Crippen LogP contribution < -0.4 is 0 Å². The lowest BCUT2D eigenvalue weighted by Crippen LogP contribution is -2.04. The zero-order valence-electron chi connectivity index (χ0n) is 9.39. The summed E-state index contributed by atoms with van der Waals surface area (Å²) >= 11 is 0. The second kappa shape index (κ2) is 4.99. The molecule has 0 saturated heterocycles. The Morgan fingerprint density at radius 1 is 1.25 bits per heavy atom. The normalized spacial score (nSPS) is 12.6. The summed E-state index contributed by atoms with van der Waals surface area (Å²) in [5, 5.41) is 10.2. The third-order valence-electron chi connectivity index (χ3n) is 2.80. The van der Waals surface area contributed by atoms with Gasteiger partial charge in [-0.25, -0.2) is 0 Å². The molecular formula is C14H16O2. The topological polar surface area (TPSA) is 33.4 Å². The van der Waals surface area contributed by atoms with E-state index in [1.165, 1.54) is 5.56 Å². The fraction of sp³-hybridized carbons (Fsp3) is 0.286. The maximum Gasteiger partial charge on any atom is 0.0935 e. The van der Waals surface area contributed by atoms with Crippen molar-refractivity contribution >= 4 is 0 Å². The Hall–Kier alpha value is -1.54. The summed E-state index contributed by atoms with van der Waals surface area (Å²) in [6.45, 7) is 2.10. The summed E-state index contributed by atoms with van der Waals surface area (Å²) in [5.41, 5.74) is 3.25. The Morgan fingerprint density at radius 2 is 2.06 bits per heavy atom. The number of benzene rings is 1. The van der Waals surface area contributed by atoms with Crippen LogP contribution in [0.3, 0.4) is 0 Å². The number of aryl methyl sites for hydroxylation is 1. The van der Waals surface area contributed by atoms with Gasteiger partial charge in [0, 0.05) is 6.42 Å². The van der Waals surface area contributed by atoms with Crippen molar-refractivity contribution in [3.05, 3.63) is 59.5 Å². The van der Waals surface area contributed by atoms with Crippen LogP contribution in [0.2, 0.25) is 0 Å². The molecule has 1 aromatic heterocycles. The molecule has 1 aromatic carbocycles. The van der Waals surface area contributed by atoms with Gasteiger partial charge in [-0.3, -0.25) is 0 Å². The van der Waals surface area contributed by atoms with E-state index in [0.717, 1.165) is 17.5 Å². The molecule has 2 rings (SSSR count). The van der Waals surface area contributed by atoms with Gasteiger partial charge in [0.05, 0.1) is 18.6 Å². The van der Waals surface area contributed by atoms with Crippen molar-refractivity contribution in [2.75, 3.05) is 0 Å². The molecule has 1 unspecified atom stereocenters. The van der Waals surface area contributed by atoms with Crippen LogP contribution in [0.25, 0.3) is 0 Å². The molecule has 2 nitrogen and oxygen atoms in total. The van der Waals surface area contributed by atoms with E-state index < -0.39 is 6.10 Å². The fourth-order valence-corrected chi connectivity index (χ4v) is 1.92. The van der Waals surface area contributed by atoms with Crippen LogP contribution in [0.5, 0.6) is 0 Å². The van der Waals surface area contributed by atoms with E-state index in [4.69, 9.17) is 4.42 Å². The van der Waals surface area contributed by atoms with Gasteiger partial charge in [0.2, 0.25) is 0 Å². The highest BCUT2D eigenvalue weighted by atomic mass is 16.3. The number of furan rings is 1. The monoisotopic (exact) mass is 216 g/mol. The van der Waals surface area contributed by atoms with Crippen LogP contribution in [0.15, 0.2) is 47.3 Å². The highest BCUT2D eigenvalue weighted by Crippen LogP contribution is 2.22. The third kappa shape index (κ3) is 2.34. The molecule has 2 heteroatoms. The van der Waals surface area contributed by atoms with Crippen LogP contribution in [0.1, 0.15) is 29.7 Å². The Morgan fingerprint density at radius 3 is 2.75 bits per heavy atom. The van der Waals surface area contributed by atoms with E-state index in [1.807, 2.05) is 24.3 Å². The molecule has 0 saturated carbocycles. The predicted octanol–water partition coefficient (Wildman–Crippen LogP) is 3.12. The molecule has 1 atom stereocenters. The highest BCUT2D eigenvalue weighted by Gasteiger charge is 2.12. The van der Waals surface area contributed by atoms with E-state index in [0.29, 0.717) is 6.42 Å². The average molecular weight is 216 g/mol. The van der Waals surface area contributed by atoms with Gasteiger partial charge in [0.25, 0.3) is 0 Å². The Balaban J connectivity index is 2.17. The number of aliphatic hydroxyl groups excluding tert-OH is 1. The Bertz CT molecular complexity index is 432. The lowest BCUT2D eigenvalue weighted by atomic mass is 9.97. The molecule has 0 aliphatic rings. The van der Waals surface area contributed by atoms with Crippen molar-refractivity contribution in [3.8, 4) is 0 Å². The summed E-state index contributed by atoms with van der Waals surface area (Å²) in [6, 6.07) is 9.91. The summed E-state index contributed by atoms with van der Waals surface area (Å²) in [5.74, 6) is 0. The third-order valence-corrected chi connectivity index (χ3v) is 2.80. The van der Waals surface area contributed by atoms with Crippen LogP contribution in [0, 0.1) is 0 Å². The minimum absolute atomic E-state index is 0.450. The predicted molar refractivity (Wildman–Crippen MR) is 63.2 cm³/mol. The van der Waals surface area contributed by atoms with Crippen molar-refractivity contribution < 1.29 is 9.52 Å². The lowest BCUT2D eigenvalue weighted by Gasteiger charge is -2.13. The van der Waals surface area contributed by atoms with Crippen molar-refractivity contribution in [2.24, 2.45) is 0 Å². The van der Waals surface area contributed by atoms with Crippen LogP contribution >= 0.6 is 0 Å². The van der Waals surface area contributed by atoms with Gasteiger partial charge >= 0.3 is 0 Å². The molecule has 0 amide bonds. The number of aliphatic hydroxyl groups is 1. The SMILES string of the molecule is CCc1ccccc1C(O)Cc1ccoc1. The Kier molecular flexibility index (Phi) is 3.42. The van der Waals surface area contributed by atoms with Crippen molar-refractivity contribution in [3.63, 3.8) is 0 Å². The van der Waals surface area contributed by atoms with Gasteiger partial charge in [0.1, 0.15) is 0 Å². The van der Waals surface area contributed by atoms with E-state index >= 15 is 0 Å². The van der Waals surface area contributed by atoms with Crippen molar-refractivity contribution in [2.45, 2.75) is 25.9 Å². The van der Waals surface area contributed by atoms with Crippen LogP contribution in [-0.2, 0) is 12.8 Å². The minimum atomic E-state index is -0.450. The Labute approximate surface area is 95.5 Å². The molecule has 0 radical (unpaired) electrons. The van der Waals surface area contributed by atoms with Gasteiger partial charge in [-0.2, -0.15) is 0 Å². The largest absolute Gasteiger partial charge is 0.472 e. The van der Waals surface area contributed by atoms with E-state index in [2.05, 4.69) is 13.0 Å². The second-order valence-corrected chi connectivity index (χ2v) is 3.90. The molecule has 1 N–H and O–H groups in total. The summed E-state index contributed by atoms with van der Waals surface area (Å²) in [7, 11) is 0. The number of hydrogen-bond donors (Lipinski definition) is 1. The zero-order valence-corrected chi connectivity index (χ0v) is 9.39. The van der Waals surface area contributed by atoms with E-state index in [-0.39, 0.29) is 0 Å². The van der Waals surface area contributed by atoms with Gasteiger partial charge in [-0.05, 0) is 29.2 Å². The van der Waals surface area contributed by atoms with Gasteiger partial charge in [-0.15, -0.1) is 0 Å². The second-order valence-electron chi connectivity index (χ2n) is 3.90.